The van der Waals surface area contributed by atoms with E-state index in [9.17, 15) is 43.2 Å². The van der Waals surface area contributed by atoms with Crippen LogP contribution in [-0.4, -0.2) is 96.7 Å². The number of carbonyl (C=O) groups excluding carboxylic acids is 4. The molecule has 3 unspecified atom stereocenters. The van der Waals surface area contributed by atoms with Gasteiger partial charge in [0.1, 0.15) is 19.3 Å². The Hall–Kier alpha value is -1.94. The minimum absolute atomic E-state index is 0.105. The fourth-order valence-electron chi connectivity index (χ4n) is 11.9. The molecule has 0 amide bonds. The monoisotopic (exact) mass is 1420 g/mol. The van der Waals surface area contributed by atoms with Crippen LogP contribution in [0.4, 0.5) is 0 Å². The minimum Gasteiger partial charge on any atom is -0.462 e. The topological polar surface area (TPSA) is 237 Å². The van der Waals surface area contributed by atoms with Crippen LogP contribution < -0.4 is 0 Å². The molecule has 3 N–H and O–H groups in total. The van der Waals surface area contributed by atoms with Gasteiger partial charge in [0.15, 0.2) is 12.2 Å². The summed E-state index contributed by atoms with van der Waals surface area (Å²) in [6.45, 7) is 14.2. The molecule has 0 spiro atoms. The molecular weight excluding hydrogens is 1270 g/mol. The summed E-state index contributed by atoms with van der Waals surface area (Å²) in [5.74, 6) is 0.952. The van der Waals surface area contributed by atoms with E-state index in [2.05, 4.69) is 55.4 Å². The van der Waals surface area contributed by atoms with Gasteiger partial charge in [-0.15, -0.1) is 0 Å². The zero-order chi connectivity index (χ0) is 71.7. The number of unbranched alkanes of at least 4 members (excludes halogenated alkanes) is 40. The van der Waals surface area contributed by atoms with Crippen molar-refractivity contribution in [1.29, 1.82) is 0 Å². The Morgan fingerprint density at radius 1 is 0.289 bits per heavy atom. The predicted molar refractivity (Wildman–Crippen MR) is 395 cm³/mol. The molecular formula is C78H152O17P2. The van der Waals surface area contributed by atoms with Crippen molar-refractivity contribution in [1.82, 2.24) is 0 Å². The smallest absolute Gasteiger partial charge is 0.462 e. The van der Waals surface area contributed by atoms with E-state index in [-0.39, 0.29) is 25.7 Å². The number of hydrogen-bond acceptors (Lipinski definition) is 15. The van der Waals surface area contributed by atoms with Gasteiger partial charge in [-0.2, -0.15) is 0 Å². The summed E-state index contributed by atoms with van der Waals surface area (Å²) in [5, 5.41) is 10.6. The number of carbonyl (C=O) groups is 4. The molecule has 576 valence electrons. The fraction of sp³-hybridized carbons (Fsp3) is 0.949. The summed E-state index contributed by atoms with van der Waals surface area (Å²) in [6.07, 6.45) is 52.8. The molecule has 0 aliphatic heterocycles. The van der Waals surface area contributed by atoms with E-state index in [4.69, 9.17) is 37.0 Å². The molecule has 0 saturated carbocycles. The molecule has 0 fully saturated rings. The number of phosphoric acid groups is 2. The summed E-state index contributed by atoms with van der Waals surface area (Å²) in [7, 11) is -9.92. The lowest BCUT2D eigenvalue weighted by Gasteiger charge is -2.21. The SMILES string of the molecule is CCC(C)CCCCCCCCCCCCC(=O)O[C@H](COC(=O)CCCCCCCCC(C)C)COP(=O)(O)OC[C@H](O)COP(=O)(O)OC[C@@H](COC(=O)CCCCCCCCCCCCCCCCCCC(C)C)OC(=O)CCCCCCCCCCCCCCC(C)C. The van der Waals surface area contributed by atoms with E-state index in [0.717, 1.165) is 114 Å². The van der Waals surface area contributed by atoms with E-state index in [1.165, 1.54) is 193 Å². The maximum atomic E-state index is 13.1. The van der Waals surface area contributed by atoms with Crippen LogP contribution >= 0.6 is 15.6 Å². The molecule has 6 atom stereocenters. The highest BCUT2D eigenvalue weighted by molar-refractivity contribution is 7.47. The molecule has 0 aromatic rings. The molecule has 17 nitrogen and oxygen atoms in total. The molecule has 19 heteroatoms. The van der Waals surface area contributed by atoms with Crippen molar-refractivity contribution in [3.05, 3.63) is 0 Å². The highest BCUT2D eigenvalue weighted by atomic mass is 31.2. The largest absolute Gasteiger partial charge is 0.472 e. The van der Waals surface area contributed by atoms with Crippen LogP contribution in [0.25, 0.3) is 0 Å². The van der Waals surface area contributed by atoms with Gasteiger partial charge in [-0.3, -0.25) is 37.3 Å². The van der Waals surface area contributed by atoms with E-state index in [1.54, 1.807) is 0 Å². The Balaban J connectivity index is 5.22. The highest BCUT2D eigenvalue weighted by Gasteiger charge is 2.30. The van der Waals surface area contributed by atoms with Gasteiger partial charge in [-0.1, -0.05) is 344 Å². The first-order chi connectivity index (χ1) is 46.6. The molecule has 0 aliphatic carbocycles. The van der Waals surface area contributed by atoms with Crippen molar-refractivity contribution in [2.24, 2.45) is 23.7 Å². The maximum absolute atomic E-state index is 13.1. The predicted octanol–water partition coefficient (Wildman–Crippen LogP) is 22.8. The second kappa shape index (κ2) is 67.2. The highest BCUT2D eigenvalue weighted by Crippen LogP contribution is 2.45. The number of rotatable bonds is 75. The van der Waals surface area contributed by atoms with Crippen LogP contribution in [0.1, 0.15) is 396 Å². The molecule has 0 aromatic carbocycles. The Kier molecular flexibility index (Phi) is 65.9. The number of esters is 4. The Morgan fingerprint density at radius 3 is 0.732 bits per heavy atom. The summed E-state index contributed by atoms with van der Waals surface area (Å²) >= 11 is 0. The average Bonchev–Trinajstić information content (AvgIpc) is 2.16. The summed E-state index contributed by atoms with van der Waals surface area (Å²) in [5.41, 5.74) is 0. The van der Waals surface area contributed by atoms with Crippen LogP contribution in [0.3, 0.4) is 0 Å². The minimum atomic E-state index is -4.96. The third kappa shape index (κ3) is 70.9. The first-order valence-electron chi connectivity index (χ1n) is 40.2. The summed E-state index contributed by atoms with van der Waals surface area (Å²) in [4.78, 5) is 72.9. The van der Waals surface area contributed by atoms with Crippen molar-refractivity contribution in [2.45, 2.75) is 414 Å². The maximum Gasteiger partial charge on any atom is 0.472 e. The molecule has 0 saturated heterocycles. The number of aliphatic hydroxyl groups is 1. The summed E-state index contributed by atoms with van der Waals surface area (Å²) < 4.78 is 68.6. The Bertz CT molecular complexity index is 1900. The summed E-state index contributed by atoms with van der Waals surface area (Å²) in [6, 6.07) is 0. The first kappa shape index (κ1) is 95.1. The van der Waals surface area contributed by atoms with Crippen LogP contribution in [0, 0.1) is 23.7 Å². The van der Waals surface area contributed by atoms with Gasteiger partial charge >= 0.3 is 39.5 Å². The van der Waals surface area contributed by atoms with Crippen molar-refractivity contribution in [3.8, 4) is 0 Å². The second-order valence-corrected chi connectivity index (χ2v) is 32.7. The fourth-order valence-corrected chi connectivity index (χ4v) is 13.5. The molecule has 0 rings (SSSR count). The van der Waals surface area contributed by atoms with Crippen LogP contribution in [0.15, 0.2) is 0 Å². The quantitative estimate of drug-likeness (QED) is 0.0222. The molecule has 0 aliphatic rings. The lowest BCUT2D eigenvalue weighted by molar-refractivity contribution is -0.161. The zero-order valence-electron chi connectivity index (χ0n) is 63.7. The normalized spacial score (nSPS) is 14.4. The Morgan fingerprint density at radius 2 is 0.495 bits per heavy atom. The van der Waals surface area contributed by atoms with Gasteiger partial charge in [0.25, 0.3) is 0 Å². The van der Waals surface area contributed by atoms with E-state index in [0.29, 0.717) is 31.6 Å². The molecule has 0 radical (unpaired) electrons. The van der Waals surface area contributed by atoms with Gasteiger partial charge in [0.05, 0.1) is 26.4 Å². The lowest BCUT2D eigenvalue weighted by Crippen LogP contribution is -2.30. The second-order valence-electron chi connectivity index (χ2n) is 29.8. The van der Waals surface area contributed by atoms with Gasteiger partial charge in [0, 0.05) is 25.7 Å². The third-order valence-corrected chi connectivity index (χ3v) is 20.3. The molecule has 0 bridgehead atoms. The molecule has 0 heterocycles. The standard InChI is InChI=1S/C78H152O17P2/c1-9-71(8)57-49-41-32-26-22-23-29-35-45-53-61-78(83)95-74(65-89-76(81)59-51-43-37-36-40-48-56-70(6)7)67-93-97(86,87)91-63-72(79)62-90-96(84,85)92-66-73(94-77(82)60-52-44-34-28-21-17-16-19-25-31-39-47-55-69(4)5)64-88-75(80)58-50-42-33-27-20-15-13-11-10-12-14-18-24-30-38-46-54-68(2)3/h68-74,79H,9-67H2,1-8H3,(H,84,85)(H,86,87)/t71?,72-,73-,74-/m1/s1. The van der Waals surface area contributed by atoms with Gasteiger partial charge in [-0.25, -0.2) is 9.13 Å². The van der Waals surface area contributed by atoms with Crippen molar-refractivity contribution >= 4 is 39.5 Å². The van der Waals surface area contributed by atoms with Gasteiger partial charge in [-0.05, 0) is 49.4 Å². The molecule has 97 heavy (non-hydrogen) atoms. The average molecular weight is 1420 g/mol. The number of aliphatic hydroxyl groups excluding tert-OH is 1. The number of hydrogen-bond donors (Lipinski definition) is 3. The van der Waals surface area contributed by atoms with Crippen molar-refractivity contribution in [3.63, 3.8) is 0 Å². The number of ether oxygens (including phenoxy) is 4. The van der Waals surface area contributed by atoms with Gasteiger partial charge < -0.3 is 33.8 Å². The first-order valence-corrected chi connectivity index (χ1v) is 43.2. The van der Waals surface area contributed by atoms with Crippen LogP contribution in [0.2, 0.25) is 0 Å². The van der Waals surface area contributed by atoms with E-state index in [1.807, 2.05) is 0 Å². The van der Waals surface area contributed by atoms with Crippen molar-refractivity contribution < 1.29 is 80.2 Å². The van der Waals surface area contributed by atoms with Gasteiger partial charge in [0.2, 0.25) is 0 Å². The molecule has 0 aromatic heterocycles. The lowest BCUT2D eigenvalue weighted by atomic mass is 9.99. The third-order valence-electron chi connectivity index (χ3n) is 18.4. The van der Waals surface area contributed by atoms with E-state index < -0.39 is 97.5 Å². The Labute approximate surface area is 594 Å². The number of phosphoric ester groups is 2. The van der Waals surface area contributed by atoms with Crippen LogP contribution in [-0.2, 0) is 65.4 Å². The van der Waals surface area contributed by atoms with Crippen molar-refractivity contribution in [2.75, 3.05) is 39.6 Å². The van der Waals surface area contributed by atoms with E-state index >= 15 is 0 Å². The zero-order valence-corrected chi connectivity index (χ0v) is 65.5. The van der Waals surface area contributed by atoms with Crippen LogP contribution in [0.5, 0.6) is 0 Å².